The van der Waals surface area contributed by atoms with Crippen molar-refractivity contribution in [2.75, 3.05) is 12.8 Å². The second-order valence-electron chi connectivity index (χ2n) is 6.45. The molecule has 1 aliphatic heterocycles. The highest BCUT2D eigenvalue weighted by Crippen LogP contribution is 2.45. The van der Waals surface area contributed by atoms with Gasteiger partial charge in [0.2, 0.25) is 0 Å². The molecule has 0 bridgehead atoms. The lowest BCUT2D eigenvalue weighted by molar-refractivity contribution is -0.138. The van der Waals surface area contributed by atoms with Gasteiger partial charge in [-0.2, -0.15) is 24.1 Å². The van der Waals surface area contributed by atoms with E-state index >= 15 is 0 Å². The molecule has 1 aromatic heterocycles. The lowest BCUT2D eigenvalue weighted by atomic mass is 9.99. The average molecular weight is 462 g/mol. The quantitative estimate of drug-likeness (QED) is 0.546. The third-order valence-electron chi connectivity index (χ3n) is 4.41. The van der Waals surface area contributed by atoms with E-state index < -0.39 is 34.6 Å². The van der Waals surface area contributed by atoms with Gasteiger partial charge < -0.3 is 11.1 Å². The molecule has 10 heteroatoms. The Balaban J connectivity index is 1.75. The SMILES string of the molecule is C[SH]1C=NC=C1c1cc(C(=O)N[C@H](CN)Cc2ccccc2C(F)(F)F)sc1Cl. The van der Waals surface area contributed by atoms with E-state index in [1.165, 1.54) is 18.2 Å². The van der Waals surface area contributed by atoms with Crippen LogP contribution in [0.3, 0.4) is 0 Å². The number of halogens is 4. The first-order valence-corrected chi connectivity index (χ1v) is 11.7. The molecule has 1 amide bonds. The lowest BCUT2D eigenvalue weighted by Gasteiger charge is -2.19. The molecule has 0 fully saturated rings. The number of nitrogens with one attached hydrogen (secondary N) is 1. The fourth-order valence-corrected chi connectivity index (χ4v) is 5.51. The molecule has 3 N–H and O–H groups in total. The van der Waals surface area contributed by atoms with Gasteiger partial charge in [-0.15, -0.1) is 11.3 Å². The molecule has 4 nitrogen and oxygen atoms in total. The standard InChI is InChI=1S/C19H19ClF3N3OS2/c1-29-10-25-9-16(29)13-7-15(28-17(13)20)18(27)26-12(8-24)6-11-4-2-3-5-14(11)19(21,22)23/h2-5,7,9-10,12,29H,6,8,24H2,1H3,(H,26,27)/t12-/m0/s1. The summed E-state index contributed by atoms with van der Waals surface area (Å²) in [6.45, 7) is 0.00312. The first-order valence-electron chi connectivity index (χ1n) is 8.62. The summed E-state index contributed by atoms with van der Waals surface area (Å²) in [5.74, 6) is -0.414. The number of alkyl halides is 3. The Labute approximate surface area is 178 Å². The van der Waals surface area contributed by atoms with E-state index in [9.17, 15) is 18.0 Å². The Morgan fingerprint density at radius 2 is 2.10 bits per heavy atom. The largest absolute Gasteiger partial charge is 0.416 e. The van der Waals surface area contributed by atoms with Gasteiger partial charge in [-0.05, 0) is 30.4 Å². The van der Waals surface area contributed by atoms with Gasteiger partial charge in [0.15, 0.2) is 0 Å². The number of nitrogens with two attached hydrogens (primary N) is 1. The summed E-state index contributed by atoms with van der Waals surface area (Å²) in [7, 11) is -0.562. The van der Waals surface area contributed by atoms with E-state index in [0.717, 1.165) is 27.9 Å². The Bertz CT molecular complexity index is 972. The third kappa shape index (κ3) is 5.03. The number of amides is 1. The normalized spacial score (nSPS) is 18.6. The van der Waals surface area contributed by atoms with Crippen LogP contribution in [0, 0.1) is 0 Å². The number of nitrogens with zero attached hydrogens (tertiary/aromatic N) is 1. The van der Waals surface area contributed by atoms with Crippen molar-refractivity contribution >= 4 is 50.2 Å². The maximum absolute atomic E-state index is 13.2. The van der Waals surface area contributed by atoms with Gasteiger partial charge >= 0.3 is 6.18 Å². The first-order chi connectivity index (χ1) is 13.7. The third-order valence-corrected chi connectivity index (χ3v) is 7.37. The van der Waals surface area contributed by atoms with Crippen LogP contribution in [0.2, 0.25) is 4.34 Å². The number of hydrogen-bond acceptors (Lipinski definition) is 4. The molecule has 1 aliphatic rings. The predicted octanol–water partition coefficient (Wildman–Crippen LogP) is 4.69. The van der Waals surface area contributed by atoms with E-state index in [1.807, 2.05) is 11.8 Å². The van der Waals surface area contributed by atoms with Crippen molar-refractivity contribution in [1.82, 2.24) is 5.32 Å². The minimum Gasteiger partial charge on any atom is -0.347 e. The summed E-state index contributed by atoms with van der Waals surface area (Å²) in [5, 5.41) is 2.73. The second-order valence-corrected chi connectivity index (χ2v) is 10.0. The summed E-state index contributed by atoms with van der Waals surface area (Å²) < 4.78 is 40.1. The van der Waals surface area contributed by atoms with E-state index in [2.05, 4.69) is 10.3 Å². The number of carbonyl (C=O) groups excluding carboxylic acids is 1. The molecule has 156 valence electrons. The molecule has 29 heavy (non-hydrogen) atoms. The van der Waals surface area contributed by atoms with Gasteiger partial charge in [0.1, 0.15) is 4.34 Å². The molecule has 1 unspecified atom stereocenters. The number of thiophene rings is 1. The van der Waals surface area contributed by atoms with E-state index in [4.69, 9.17) is 17.3 Å². The molecule has 2 heterocycles. The fourth-order valence-electron chi connectivity index (χ4n) is 2.96. The highest BCUT2D eigenvalue weighted by atomic mass is 35.5. The number of aliphatic imine (C=N–C) groups is 1. The van der Waals surface area contributed by atoms with Gasteiger partial charge in [-0.25, -0.2) is 0 Å². The molecule has 0 saturated heterocycles. The lowest BCUT2D eigenvalue weighted by Crippen LogP contribution is -2.41. The minimum atomic E-state index is -4.47. The summed E-state index contributed by atoms with van der Waals surface area (Å²) in [5.41, 5.74) is 7.69. The van der Waals surface area contributed by atoms with Crippen molar-refractivity contribution in [1.29, 1.82) is 0 Å². The number of carbonyl (C=O) groups is 1. The molecule has 2 aromatic rings. The first kappa shape index (κ1) is 21.9. The van der Waals surface area contributed by atoms with Crippen LogP contribution in [0.1, 0.15) is 26.4 Å². The topological polar surface area (TPSA) is 67.5 Å². The average Bonchev–Trinajstić information content (AvgIpc) is 3.25. The van der Waals surface area contributed by atoms with Gasteiger partial charge in [-0.3, -0.25) is 9.79 Å². The predicted molar refractivity (Wildman–Crippen MR) is 116 cm³/mol. The number of rotatable bonds is 6. The smallest absolute Gasteiger partial charge is 0.347 e. The van der Waals surface area contributed by atoms with Crippen molar-refractivity contribution in [3.05, 3.63) is 62.4 Å². The molecule has 2 atom stereocenters. The van der Waals surface area contributed by atoms with Gasteiger partial charge in [0.25, 0.3) is 5.91 Å². The van der Waals surface area contributed by atoms with Crippen LogP contribution in [-0.4, -0.2) is 30.3 Å². The summed E-state index contributed by atoms with van der Waals surface area (Å²) >= 11 is 7.43. The molecule has 0 radical (unpaired) electrons. The minimum absolute atomic E-state index is 0.00312. The van der Waals surface area contributed by atoms with Crippen molar-refractivity contribution in [2.45, 2.75) is 18.6 Å². The Hall–Kier alpha value is -1.81. The fraction of sp³-hybridized carbons (Fsp3) is 0.263. The number of thiol groups is 1. The number of hydrogen-bond donors (Lipinski definition) is 3. The zero-order valence-corrected chi connectivity index (χ0v) is 17.8. The molecular formula is C19H19ClF3N3OS2. The van der Waals surface area contributed by atoms with Crippen molar-refractivity contribution in [3.63, 3.8) is 0 Å². The van der Waals surface area contributed by atoms with E-state index in [-0.39, 0.29) is 18.5 Å². The maximum Gasteiger partial charge on any atom is 0.416 e. The zero-order valence-electron chi connectivity index (χ0n) is 15.3. The molecule has 3 rings (SSSR count). The van der Waals surface area contributed by atoms with Crippen LogP contribution in [0.4, 0.5) is 13.2 Å². The highest BCUT2D eigenvalue weighted by Gasteiger charge is 2.33. The summed E-state index contributed by atoms with van der Waals surface area (Å²) in [4.78, 5) is 18.2. The molecule has 0 saturated carbocycles. The van der Waals surface area contributed by atoms with Crippen LogP contribution in [0.15, 0.2) is 41.5 Å². The molecular weight excluding hydrogens is 443 g/mol. The van der Waals surface area contributed by atoms with Crippen molar-refractivity contribution in [2.24, 2.45) is 10.7 Å². The van der Waals surface area contributed by atoms with Gasteiger partial charge in [-0.1, -0.05) is 29.8 Å². The van der Waals surface area contributed by atoms with Crippen LogP contribution in [0.25, 0.3) is 4.91 Å². The second kappa shape index (κ2) is 8.91. The van der Waals surface area contributed by atoms with Crippen molar-refractivity contribution in [3.8, 4) is 0 Å². The summed E-state index contributed by atoms with van der Waals surface area (Å²) in [6, 6.07) is 6.34. The van der Waals surface area contributed by atoms with Crippen LogP contribution < -0.4 is 11.1 Å². The Kier molecular flexibility index (Phi) is 6.72. The molecule has 0 aliphatic carbocycles. The van der Waals surface area contributed by atoms with Crippen molar-refractivity contribution < 1.29 is 18.0 Å². The van der Waals surface area contributed by atoms with Gasteiger partial charge in [0, 0.05) is 34.8 Å². The van der Waals surface area contributed by atoms with E-state index in [1.54, 1.807) is 12.3 Å². The monoisotopic (exact) mass is 461 g/mol. The summed E-state index contributed by atoms with van der Waals surface area (Å²) in [6.07, 6.45) is -0.722. The van der Waals surface area contributed by atoms with Crippen LogP contribution >= 0.6 is 33.8 Å². The highest BCUT2D eigenvalue weighted by molar-refractivity contribution is 8.35. The zero-order chi connectivity index (χ0) is 21.2. The molecule has 1 aromatic carbocycles. The Morgan fingerprint density at radius 3 is 2.72 bits per heavy atom. The van der Waals surface area contributed by atoms with E-state index in [0.29, 0.717) is 9.21 Å². The number of benzene rings is 1. The van der Waals surface area contributed by atoms with Gasteiger partial charge in [0.05, 0.1) is 10.4 Å². The van der Waals surface area contributed by atoms with Crippen LogP contribution in [0.5, 0.6) is 0 Å². The molecule has 0 spiro atoms. The Morgan fingerprint density at radius 1 is 1.38 bits per heavy atom. The van der Waals surface area contributed by atoms with Crippen LogP contribution in [-0.2, 0) is 12.6 Å². The maximum atomic E-state index is 13.2.